The van der Waals surface area contributed by atoms with E-state index in [-0.39, 0.29) is 5.88 Å². The van der Waals surface area contributed by atoms with Gasteiger partial charge in [-0.3, -0.25) is 4.90 Å². The maximum atomic E-state index is 12.1. The molecule has 2 N–H and O–H groups in total. The highest BCUT2D eigenvalue weighted by molar-refractivity contribution is 5.96. The van der Waals surface area contributed by atoms with Gasteiger partial charge in [-0.05, 0) is 45.9 Å². The molecule has 0 unspecified atom stereocenters. The molecule has 2 aromatic carbocycles. The van der Waals surface area contributed by atoms with E-state index in [4.69, 9.17) is 0 Å². The predicted octanol–water partition coefficient (Wildman–Crippen LogP) is 5.78. The van der Waals surface area contributed by atoms with Crippen LogP contribution >= 0.6 is 0 Å². The van der Waals surface area contributed by atoms with Gasteiger partial charge in [0.1, 0.15) is 0 Å². The molecule has 0 atom stereocenters. The van der Waals surface area contributed by atoms with Gasteiger partial charge in [0.2, 0.25) is 5.88 Å². The van der Waals surface area contributed by atoms with Crippen LogP contribution < -0.4 is 5.32 Å². The Morgan fingerprint density at radius 1 is 1.03 bits per heavy atom. The van der Waals surface area contributed by atoms with Crippen LogP contribution in [0.15, 0.2) is 64.8 Å². The van der Waals surface area contributed by atoms with E-state index in [0.717, 1.165) is 17.4 Å². The zero-order chi connectivity index (χ0) is 21.7. The van der Waals surface area contributed by atoms with Crippen molar-refractivity contribution in [3.05, 3.63) is 54.6 Å². The molecule has 0 radical (unpaired) electrons. The third kappa shape index (κ3) is 4.86. The van der Waals surface area contributed by atoms with Gasteiger partial charge in [-0.1, -0.05) is 41.5 Å². The number of hydrogen-bond donors (Lipinski definition) is 2. The van der Waals surface area contributed by atoms with Crippen LogP contribution in [0.25, 0.3) is 10.9 Å². The van der Waals surface area contributed by atoms with Crippen molar-refractivity contribution in [1.82, 2.24) is 9.47 Å². The number of para-hydroxylation sites is 2. The fraction of sp³-hybridized carbons (Fsp3) is 0.348. The average Bonchev–Trinajstić information content (AvgIpc) is 2.98. The Labute approximate surface area is 177 Å². The normalized spacial score (nSPS) is 12.0. The second kappa shape index (κ2) is 9.54. The summed E-state index contributed by atoms with van der Waals surface area (Å²) in [5.74, 6) is 0.0138. The Kier molecular flexibility index (Phi) is 6.84. The fourth-order valence-corrected chi connectivity index (χ4v) is 3.69. The fourth-order valence-electron chi connectivity index (χ4n) is 3.69. The molecule has 2 amide bonds. The lowest BCUT2D eigenvalue weighted by molar-refractivity contribution is 0.167. The van der Waals surface area contributed by atoms with Crippen LogP contribution in [-0.2, 0) is 6.54 Å². The number of benzene rings is 2. The Morgan fingerprint density at radius 2 is 1.67 bits per heavy atom. The lowest BCUT2D eigenvalue weighted by atomic mass is 10.2. The van der Waals surface area contributed by atoms with Gasteiger partial charge in [-0.25, -0.2) is 4.79 Å². The Morgan fingerprint density at radius 3 is 2.33 bits per heavy atom. The third-order valence-electron chi connectivity index (χ3n) is 5.09. The average molecular weight is 408 g/mol. The highest BCUT2D eigenvalue weighted by Crippen LogP contribution is 2.38. The van der Waals surface area contributed by atoms with Gasteiger partial charge in [-0.2, -0.15) is 0 Å². The molecule has 0 aliphatic heterocycles. The van der Waals surface area contributed by atoms with Crippen molar-refractivity contribution in [3.8, 4) is 5.88 Å². The molecule has 0 aliphatic rings. The lowest BCUT2D eigenvalue weighted by Crippen LogP contribution is -2.39. The zero-order valence-electron chi connectivity index (χ0n) is 17.9. The van der Waals surface area contributed by atoms with Crippen LogP contribution in [0, 0.1) is 0 Å². The number of hydrogen-bond acceptors (Lipinski definition) is 4. The number of aromatic nitrogens is 1. The predicted molar refractivity (Wildman–Crippen MR) is 121 cm³/mol. The smallest absolute Gasteiger partial charge is 0.364 e. The summed E-state index contributed by atoms with van der Waals surface area (Å²) in [6, 6.07) is 16.9. The standard InChI is InChI=1S/C23H29N5O2/c1-16(2)27(17(3)4)14-15-28-20-13-9-8-12-19(20)21(22(28)29)25-26-23(30)24-18-10-6-5-7-11-18/h5-13,16-17,29H,14-15H2,1-4H3,(H,24,30). The van der Waals surface area contributed by atoms with E-state index < -0.39 is 6.03 Å². The van der Waals surface area contributed by atoms with E-state index >= 15 is 0 Å². The third-order valence-corrected chi connectivity index (χ3v) is 5.09. The minimum Gasteiger partial charge on any atom is -0.493 e. The summed E-state index contributed by atoms with van der Waals surface area (Å²) in [5, 5.41) is 22.1. The number of urea groups is 1. The SMILES string of the molecule is CC(C)N(CCn1c(O)c(N=NC(=O)Nc2ccccc2)c2ccccc21)C(C)C. The van der Waals surface area contributed by atoms with Crippen LogP contribution in [0.2, 0.25) is 0 Å². The molecule has 7 heteroatoms. The number of rotatable bonds is 7. The first-order valence-corrected chi connectivity index (χ1v) is 10.2. The largest absolute Gasteiger partial charge is 0.493 e. The van der Waals surface area contributed by atoms with Crippen molar-refractivity contribution < 1.29 is 9.90 Å². The molecule has 7 nitrogen and oxygen atoms in total. The van der Waals surface area contributed by atoms with E-state index in [1.165, 1.54) is 0 Å². The van der Waals surface area contributed by atoms with Gasteiger partial charge in [0.15, 0.2) is 5.69 Å². The first-order valence-electron chi connectivity index (χ1n) is 10.2. The number of nitrogens with one attached hydrogen (secondary N) is 1. The van der Waals surface area contributed by atoms with Crippen molar-refractivity contribution in [2.75, 3.05) is 11.9 Å². The van der Waals surface area contributed by atoms with Crippen LogP contribution in [0.4, 0.5) is 16.2 Å². The van der Waals surface area contributed by atoms with E-state index in [0.29, 0.717) is 30.0 Å². The van der Waals surface area contributed by atoms with Crippen molar-refractivity contribution in [1.29, 1.82) is 0 Å². The first kappa shape index (κ1) is 21.5. The van der Waals surface area contributed by atoms with Gasteiger partial charge in [0.05, 0.1) is 5.52 Å². The quantitative estimate of drug-likeness (QED) is 0.487. The molecule has 0 fully saturated rings. The second-order valence-corrected chi connectivity index (χ2v) is 7.76. The second-order valence-electron chi connectivity index (χ2n) is 7.76. The maximum absolute atomic E-state index is 12.1. The molecule has 0 saturated carbocycles. The number of fused-ring (bicyclic) bond motifs is 1. The van der Waals surface area contributed by atoms with Crippen LogP contribution in [0.5, 0.6) is 5.88 Å². The molecule has 0 spiro atoms. The number of nitrogens with zero attached hydrogens (tertiary/aromatic N) is 4. The Balaban J connectivity index is 1.85. The molecular formula is C23H29N5O2. The molecule has 0 saturated heterocycles. The van der Waals surface area contributed by atoms with E-state index in [1.54, 1.807) is 12.1 Å². The number of amides is 2. The maximum Gasteiger partial charge on any atom is 0.364 e. The van der Waals surface area contributed by atoms with Crippen LogP contribution in [-0.4, -0.2) is 39.2 Å². The molecule has 0 bridgehead atoms. The molecule has 3 aromatic rings. The van der Waals surface area contributed by atoms with Gasteiger partial charge in [-0.15, -0.1) is 5.11 Å². The van der Waals surface area contributed by atoms with Gasteiger partial charge in [0.25, 0.3) is 0 Å². The minimum atomic E-state index is -0.594. The van der Waals surface area contributed by atoms with Crippen LogP contribution in [0.1, 0.15) is 27.7 Å². The summed E-state index contributed by atoms with van der Waals surface area (Å²) in [6.45, 7) is 10.1. The number of anilines is 1. The molecule has 1 aromatic heterocycles. The van der Waals surface area contributed by atoms with Crippen molar-refractivity contribution >= 4 is 28.3 Å². The molecule has 3 rings (SSSR count). The number of azo groups is 1. The first-order chi connectivity index (χ1) is 14.4. The topological polar surface area (TPSA) is 82.2 Å². The highest BCUT2D eigenvalue weighted by Gasteiger charge is 2.19. The summed E-state index contributed by atoms with van der Waals surface area (Å²) >= 11 is 0. The molecule has 30 heavy (non-hydrogen) atoms. The Bertz CT molecular complexity index is 1020. The van der Waals surface area contributed by atoms with Gasteiger partial charge in [0, 0.05) is 36.2 Å². The van der Waals surface area contributed by atoms with E-state index in [2.05, 4.69) is 48.1 Å². The lowest BCUT2D eigenvalue weighted by Gasteiger charge is -2.30. The zero-order valence-corrected chi connectivity index (χ0v) is 17.9. The van der Waals surface area contributed by atoms with Crippen molar-refractivity contribution in [3.63, 3.8) is 0 Å². The highest BCUT2D eigenvalue weighted by atomic mass is 16.3. The van der Waals surface area contributed by atoms with E-state index in [9.17, 15) is 9.90 Å². The monoisotopic (exact) mass is 407 g/mol. The van der Waals surface area contributed by atoms with Gasteiger partial charge >= 0.3 is 6.03 Å². The van der Waals surface area contributed by atoms with Crippen LogP contribution in [0.3, 0.4) is 0 Å². The summed E-state index contributed by atoms with van der Waals surface area (Å²) in [6.07, 6.45) is 0. The van der Waals surface area contributed by atoms with E-state index in [1.807, 2.05) is 47.0 Å². The Hall–Kier alpha value is -3.19. The molecule has 0 aliphatic carbocycles. The summed E-state index contributed by atoms with van der Waals surface area (Å²) < 4.78 is 1.83. The number of carbonyl (C=O) groups excluding carboxylic acids is 1. The van der Waals surface area contributed by atoms with Crippen molar-refractivity contribution in [2.45, 2.75) is 46.3 Å². The minimum absolute atomic E-state index is 0.0138. The summed E-state index contributed by atoms with van der Waals surface area (Å²) in [7, 11) is 0. The molecule has 1 heterocycles. The van der Waals surface area contributed by atoms with Gasteiger partial charge < -0.3 is 15.0 Å². The summed E-state index contributed by atoms with van der Waals surface area (Å²) in [4.78, 5) is 14.5. The summed E-state index contributed by atoms with van der Waals surface area (Å²) in [5.41, 5.74) is 1.80. The molecule has 158 valence electrons. The molecular weight excluding hydrogens is 378 g/mol. The number of carbonyl (C=O) groups is 1. The van der Waals surface area contributed by atoms with Crippen molar-refractivity contribution in [2.24, 2.45) is 10.2 Å². The number of aromatic hydroxyl groups is 1.